The molecule has 0 unspecified atom stereocenters. The number of pyridine rings is 2. The molecule has 110 valence electrons. The third-order valence-corrected chi connectivity index (χ3v) is 3.80. The molecule has 0 fully saturated rings. The van der Waals surface area contributed by atoms with E-state index < -0.39 is 4.92 Å². The van der Waals surface area contributed by atoms with Gasteiger partial charge in [0.2, 0.25) is 0 Å². The van der Waals surface area contributed by atoms with E-state index in [0.29, 0.717) is 10.8 Å². The summed E-state index contributed by atoms with van der Waals surface area (Å²) < 4.78 is 0.879. The summed E-state index contributed by atoms with van der Waals surface area (Å²) in [5.74, 6) is 0.505. The summed E-state index contributed by atoms with van der Waals surface area (Å²) in [7, 11) is 0. The molecule has 0 spiro atoms. The Morgan fingerprint density at radius 3 is 2.81 bits per heavy atom. The summed E-state index contributed by atoms with van der Waals surface area (Å²) in [6.45, 7) is 2.74. The average Bonchev–Trinajstić information content (AvgIpc) is 2.47. The third kappa shape index (κ3) is 4.68. The second-order valence-electron chi connectivity index (χ2n) is 4.15. The number of hydrogen-bond donors (Lipinski definition) is 1. The summed E-state index contributed by atoms with van der Waals surface area (Å²) in [6.07, 6.45) is 2.59. The predicted octanol–water partition coefficient (Wildman–Crippen LogP) is 4.12. The second-order valence-corrected chi connectivity index (χ2v) is 6.11. The van der Waals surface area contributed by atoms with Gasteiger partial charge < -0.3 is 5.32 Å². The molecule has 0 bridgehead atoms. The van der Waals surface area contributed by atoms with Gasteiger partial charge in [0.05, 0.1) is 11.0 Å². The van der Waals surface area contributed by atoms with Gasteiger partial charge in [-0.3, -0.25) is 10.1 Å². The number of nitrogens with one attached hydrogen (secondary N) is 1. The van der Waals surface area contributed by atoms with Crippen molar-refractivity contribution >= 4 is 39.2 Å². The highest BCUT2D eigenvalue weighted by molar-refractivity contribution is 9.10. The number of rotatable bonds is 6. The lowest BCUT2D eigenvalue weighted by molar-refractivity contribution is -0.385. The van der Waals surface area contributed by atoms with E-state index in [1.807, 2.05) is 19.1 Å². The van der Waals surface area contributed by atoms with E-state index in [4.69, 9.17) is 0 Å². The van der Waals surface area contributed by atoms with Crippen molar-refractivity contribution in [3.63, 3.8) is 0 Å². The lowest BCUT2D eigenvalue weighted by Crippen LogP contribution is -2.03. The number of anilines is 1. The molecule has 8 heteroatoms. The number of halogens is 1. The van der Waals surface area contributed by atoms with Gasteiger partial charge in [0.15, 0.2) is 0 Å². The summed E-state index contributed by atoms with van der Waals surface area (Å²) >= 11 is 4.60. The Kier molecular flexibility index (Phi) is 5.51. The van der Waals surface area contributed by atoms with E-state index in [1.165, 1.54) is 23.9 Å². The fraction of sp³-hybridized carbons (Fsp3) is 0.231. The zero-order valence-electron chi connectivity index (χ0n) is 11.2. The topological polar surface area (TPSA) is 81.0 Å². The predicted molar refractivity (Wildman–Crippen MR) is 85.7 cm³/mol. The van der Waals surface area contributed by atoms with Crippen molar-refractivity contribution in [1.82, 2.24) is 9.97 Å². The molecular weight excluding hydrogens is 356 g/mol. The number of nitro groups is 1. The molecule has 0 amide bonds. The molecule has 0 aliphatic carbocycles. The molecule has 0 radical (unpaired) electrons. The van der Waals surface area contributed by atoms with Gasteiger partial charge in [-0.15, -0.1) is 0 Å². The number of nitrogens with zero attached hydrogens (tertiary/aromatic N) is 3. The molecule has 2 aromatic heterocycles. The van der Waals surface area contributed by atoms with Crippen LogP contribution in [0.2, 0.25) is 0 Å². The quantitative estimate of drug-likeness (QED) is 0.609. The maximum Gasteiger partial charge on any atom is 0.275 e. The normalized spacial score (nSPS) is 10.4. The van der Waals surface area contributed by atoms with Crippen molar-refractivity contribution in [2.45, 2.75) is 23.4 Å². The smallest absolute Gasteiger partial charge is 0.275 e. The van der Waals surface area contributed by atoms with E-state index >= 15 is 0 Å². The first kappa shape index (κ1) is 15.7. The lowest BCUT2D eigenvalue weighted by Gasteiger charge is -2.06. The summed E-state index contributed by atoms with van der Waals surface area (Å²) in [5, 5.41) is 15.3. The van der Waals surface area contributed by atoms with Gasteiger partial charge in [-0.1, -0.05) is 6.92 Å². The molecule has 0 aliphatic heterocycles. The fourth-order valence-electron chi connectivity index (χ4n) is 1.52. The van der Waals surface area contributed by atoms with E-state index in [0.717, 1.165) is 22.5 Å². The van der Waals surface area contributed by atoms with Crippen LogP contribution in [0.5, 0.6) is 0 Å². The van der Waals surface area contributed by atoms with Crippen molar-refractivity contribution in [2.75, 3.05) is 11.9 Å². The van der Waals surface area contributed by atoms with Gasteiger partial charge in [0.25, 0.3) is 5.69 Å². The molecule has 0 saturated heterocycles. The summed E-state index contributed by atoms with van der Waals surface area (Å²) in [6, 6.07) is 6.58. The van der Waals surface area contributed by atoms with Crippen LogP contribution in [0.1, 0.15) is 13.3 Å². The molecule has 2 rings (SSSR count). The molecule has 0 atom stereocenters. The molecule has 6 nitrogen and oxygen atoms in total. The minimum absolute atomic E-state index is 0.0169. The first-order valence-electron chi connectivity index (χ1n) is 6.28. The summed E-state index contributed by atoms with van der Waals surface area (Å²) in [5.41, 5.74) is 0.0169. The van der Waals surface area contributed by atoms with Crippen LogP contribution in [-0.2, 0) is 0 Å². The van der Waals surface area contributed by atoms with Gasteiger partial charge in [-0.25, -0.2) is 9.97 Å². The largest absolute Gasteiger partial charge is 0.370 e. The Balaban J connectivity index is 2.26. The van der Waals surface area contributed by atoms with Crippen LogP contribution in [0.15, 0.2) is 45.0 Å². The average molecular weight is 369 g/mol. The summed E-state index contributed by atoms with van der Waals surface area (Å²) in [4.78, 5) is 19.2. The number of aromatic nitrogens is 2. The van der Waals surface area contributed by atoms with Crippen molar-refractivity contribution in [2.24, 2.45) is 0 Å². The van der Waals surface area contributed by atoms with Crippen LogP contribution in [0.25, 0.3) is 0 Å². The second kappa shape index (κ2) is 7.37. The van der Waals surface area contributed by atoms with Crippen LogP contribution >= 0.6 is 27.7 Å². The highest BCUT2D eigenvalue weighted by atomic mass is 79.9. The van der Waals surface area contributed by atoms with E-state index in [1.54, 1.807) is 6.20 Å². The minimum atomic E-state index is -0.419. The molecule has 0 aliphatic rings. The first-order chi connectivity index (χ1) is 10.1. The fourth-order valence-corrected chi connectivity index (χ4v) is 2.54. The van der Waals surface area contributed by atoms with E-state index in [-0.39, 0.29) is 5.69 Å². The molecular formula is C13H13BrN4O2S. The van der Waals surface area contributed by atoms with Gasteiger partial charge in [0, 0.05) is 23.3 Å². The SMILES string of the molecule is CCCNc1cc([N+](=O)[O-])cc(Sc2ccc(Br)cn2)n1. The third-order valence-electron chi connectivity index (χ3n) is 2.46. The lowest BCUT2D eigenvalue weighted by atomic mass is 10.4. The van der Waals surface area contributed by atoms with E-state index in [2.05, 4.69) is 31.2 Å². The Hall–Kier alpha value is -1.67. The molecule has 21 heavy (non-hydrogen) atoms. The standard InChI is InChI=1S/C13H13BrN4O2S/c1-2-5-15-11-6-10(18(19)20)7-13(17-11)21-12-4-3-9(14)8-16-12/h3-4,6-8H,2,5H2,1H3,(H,15,17). The van der Waals surface area contributed by atoms with Crippen LogP contribution in [0.4, 0.5) is 11.5 Å². The van der Waals surface area contributed by atoms with Crippen molar-refractivity contribution in [1.29, 1.82) is 0 Å². The van der Waals surface area contributed by atoms with E-state index in [9.17, 15) is 10.1 Å². The highest BCUT2D eigenvalue weighted by Gasteiger charge is 2.12. The Morgan fingerprint density at radius 2 is 2.19 bits per heavy atom. The van der Waals surface area contributed by atoms with Crippen molar-refractivity contribution in [3.8, 4) is 0 Å². The Labute approximate surface area is 134 Å². The van der Waals surface area contributed by atoms with Gasteiger partial charge in [0.1, 0.15) is 15.9 Å². The minimum Gasteiger partial charge on any atom is -0.370 e. The molecule has 0 aromatic carbocycles. The Morgan fingerprint density at radius 1 is 1.38 bits per heavy atom. The van der Waals surface area contributed by atoms with Crippen LogP contribution in [0.3, 0.4) is 0 Å². The zero-order chi connectivity index (χ0) is 15.2. The molecule has 2 heterocycles. The highest BCUT2D eigenvalue weighted by Crippen LogP contribution is 2.29. The van der Waals surface area contributed by atoms with Crippen LogP contribution < -0.4 is 5.32 Å². The van der Waals surface area contributed by atoms with Gasteiger partial charge >= 0.3 is 0 Å². The van der Waals surface area contributed by atoms with Crippen molar-refractivity contribution in [3.05, 3.63) is 45.0 Å². The van der Waals surface area contributed by atoms with Gasteiger partial charge in [-0.2, -0.15) is 0 Å². The van der Waals surface area contributed by atoms with Crippen LogP contribution in [-0.4, -0.2) is 21.4 Å². The number of hydrogen-bond acceptors (Lipinski definition) is 6. The molecule has 2 aromatic rings. The van der Waals surface area contributed by atoms with Crippen molar-refractivity contribution < 1.29 is 4.92 Å². The first-order valence-corrected chi connectivity index (χ1v) is 7.89. The monoisotopic (exact) mass is 368 g/mol. The van der Waals surface area contributed by atoms with Gasteiger partial charge in [-0.05, 0) is 46.2 Å². The maximum absolute atomic E-state index is 11.0. The molecule has 0 saturated carbocycles. The zero-order valence-corrected chi connectivity index (χ0v) is 13.6. The van der Waals surface area contributed by atoms with Crippen LogP contribution in [0, 0.1) is 10.1 Å². The maximum atomic E-state index is 11.0. The Bertz CT molecular complexity index is 637. The molecule has 1 N–H and O–H groups in total.